The van der Waals surface area contributed by atoms with E-state index in [0.717, 1.165) is 44.1 Å². The summed E-state index contributed by atoms with van der Waals surface area (Å²) in [5, 5.41) is 29.7. The number of rotatable bonds is 11. The van der Waals surface area contributed by atoms with E-state index in [1.807, 2.05) is 18.2 Å². The number of hydrogen-bond donors (Lipinski definition) is 3. The van der Waals surface area contributed by atoms with E-state index < -0.39 is 18.2 Å². The number of carboxylic acids is 1. The van der Waals surface area contributed by atoms with Crippen LogP contribution < -0.4 is 0 Å². The Morgan fingerprint density at radius 2 is 1.50 bits per heavy atom. The summed E-state index contributed by atoms with van der Waals surface area (Å²) in [7, 11) is 0. The lowest BCUT2D eigenvalue weighted by Crippen LogP contribution is -2.22. The average molecular weight is 463 g/mol. The Morgan fingerprint density at radius 1 is 0.882 bits per heavy atom. The van der Waals surface area contributed by atoms with Gasteiger partial charge in [-0.1, -0.05) is 80.5 Å². The molecule has 3 N–H and O–H groups in total. The van der Waals surface area contributed by atoms with Crippen molar-refractivity contribution in [1.29, 1.82) is 0 Å². The fourth-order valence-corrected chi connectivity index (χ4v) is 5.09. The third kappa shape index (κ3) is 8.01. The van der Waals surface area contributed by atoms with Crippen LogP contribution >= 0.6 is 0 Å². The van der Waals surface area contributed by atoms with Gasteiger partial charge in [-0.25, -0.2) is 0 Å². The zero-order valence-corrected chi connectivity index (χ0v) is 20.2. The second-order valence-corrected chi connectivity index (χ2v) is 9.74. The van der Waals surface area contributed by atoms with Crippen LogP contribution in [-0.4, -0.2) is 33.5 Å². The van der Waals surface area contributed by atoms with Gasteiger partial charge in [0.2, 0.25) is 0 Å². The number of aliphatic hydroxyl groups excluding tert-OH is 2. The van der Waals surface area contributed by atoms with E-state index in [-0.39, 0.29) is 24.2 Å². The third-order valence-electron chi connectivity index (χ3n) is 7.09. The summed E-state index contributed by atoms with van der Waals surface area (Å²) in [6, 6.07) is 18.6. The zero-order valence-electron chi connectivity index (χ0n) is 20.2. The van der Waals surface area contributed by atoms with Gasteiger partial charge in [-0.05, 0) is 67.2 Å². The highest BCUT2D eigenvalue weighted by molar-refractivity contribution is 5.66. The summed E-state index contributed by atoms with van der Waals surface area (Å²) in [4.78, 5) is 10.6. The van der Waals surface area contributed by atoms with Gasteiger partial charge < -0.3 is 15.3 Å². The van der Waals surface area contributed by atoms with Gasteiger partial charge in [0.25, 0.3) is 0 Å². The van der Waals surface area contributed by atoms with Crippen LogP contribution in [0.5, 0.6) is 0 Å². The normalized spacial score (nSPS) is 22.7. The summed E-state index contributed by atoms with van der Waals surface area (Å²) in [6.45, 7) is 2.13. The summed E-state index contributed by atoms with van der Waals surface area (Å²) in [6.07, 6.45) is 6.02. The van der Waals surface area contributed by atoms with Crippen molar-refractivity contribution in [2.24, 2.45) is 17.8 Å². The first kappa shape index (κ1) is 26.0. The average Bonchev–Trinajstić information content (AvgIpc) is 3.11. The van der Waals surface area contributed by atoms with E-state index in [9.17, 15) is 15.0 Å². The molecule has 0 bridgehead atoms. The fourth-order valence-electron chi connectivity index (χ4n) is 5.09. The van der Waals surface area contributed by atoms with E-state index in [1.54, 1.807) is 0 Å². The molecule has 0 aliphatic heterocycles. The lowest BCUT2D eigenvalue weighted by Gasteiger charge is -2.24. The van der Waals surface area contributed by atoms with Gasteiger partial charge >= 0.3 is 5.97 Å². The van der Waals surface area contributed by atoms with Gasteiger partial charge in [0.05, 0.1) is 12.2 Å². The molecule has 1 saturated carbocycles. The maximum Gasteiger partial charge on any atom is 0.303 e. The monoisotopic (exact) mass is 462 g/mol. The molecule has 4 nitrogen and oxygen atoms in total. The smallest absolute Gasteiger partial charge is 0.303 e. The largest absolute Gasteiger partial charge is 0.481 e. The SMILES string of the molecule is CC(C#Cc1ccc(-c2ccccc2)cc1)CCC1[C@H](O)C[C@H](O)[C@@H]1CCCCCCC(=O)O. The Morgan fingerprint density at radius 3 is 2.18 bits per heavy atom. The zero-order chi connectivity index (χ0) is 24.3. The number of carbonyl (C=O) groups is 1. The van der Waals surface area contributed by atoms with Gasteiger partial charge in [0, 0.05) is 17.9 Å². The van der Waals surface area contributed by atoms with Gasteiger partial charge in [0.15, 0.2) is 0 Å². The Balaban J connectivity index is 1.46. The van der Waals surface area contributed by atoms with Crippen molar-refractivity contribution in [2.45, 2.75) is 76.9 Å². The van der Waals surface area contributed by atoms with Crippen LogP contribution in [0.4, 0.5) is 0 Å². The van der Waals surface area contributed by atoms with Crippen LogP contribution in [-0.2, 0) is 4.79 Å². The van der Waals surface area contributed by atoms with Crippen LogP contribution in [0, 0.1) is 29.6 Å². The van der Waals surface area contributed by atoms with Crippen molar-refractivity contribution in [2.75, 3.05) is 0 Å². The van der Waals surface area contributed by atoms with Gasteiger partial charge in [-0.15, -0.1) is 0 Å². The van der Waals surface area contributed by atoms with Gasteiger partial charge in [-0.2, -0.15) is 0 Å². The molecule has 34 heavy (non-hydrogen) atoms. The molecule has 1 fully saturated rings. The second kappa shape index (κ2) is 13.3. The predicted molar refractivity (Wildman–Crippen MR) is 136 cm³/mol. The number of aliphatic carboxylic acids is 1. The maximum atomic E-state index is 10.6. The molecule has 0 aromatic heterocycles. The number of unbranched alkanes of at least 4 members (excludes halogenated alkanes) is 3. The summed E-state index contributed by atoms with van der Waals surface area (Å²) >= 11 is 0. The summed E-state index contributed by atoms with van der Waals surface area (Å²) in [5.74, 6) is 6.36. The van der Waals surface area contributed by atoms with E-state index in [2.05, 4.69) is 55.2 Å². The maximum absolute atomic E-state index is 10.6. The molecule has 0 amide bonds. The Kier molecular flexibility index (Phi) is 10.2. The first-order valence-corrected chi connectivity index (χ1v) is 12.7. The quantitative estimate of drug-likeness (QED) is 0.287. The van der Waals surface area contributed by atoms with E-state index >= 15 is 0 Å². The van der Waals surface area contributed by atoms with Crippen LogP contribution in [0.15, 0.2) is 54.6 Å². The highest BCUT2D eigenvalue weighted by Gasteiger charge is 2.40. The molecule has 0 saturated heterocycles. The molecule has 2 aromatic carbocycles. The standard InChI is InChI=1S/C30H38O4/c1-22(13-15-23-16-18-25(19-17-23)24-9-5-4-6-10-24)14-20-27-26(28(31)21-29(27)32)11-7-2-3-8-12-30(33)34/h4-6,9-10,16-19,22,26-29,31-32H,2-3,7-8,11-12,14,20-21H2,1H3,(H,33,34)/t22?,26-,27?,28+,29-/m1/s1. The third-order valence-corrected chi connectivity index (χ3v) is 7.09. The molecule has 0 spiro atoms. The molecule has 2 unspecified atom stereocenters. The minimum absolute atomic E-state index is 0.114. The first-order chi connectivity index (χ1) is 16.4. The minimum atomic E-state index is -0.740. The van der Waals surface area contributed by atoms with E-state index in [4.69, 9.17) is 5.11 Å². The summed E-state index contributed by atoms with van der Waals surface area (Å²) < 4.78 is 0. The summed E-state index contributed by atoms with van der Waals surface area (Å²) in [5.41, 5.74) is 3.38. The molecule has 5 atom stereocenters. The minimum Gasteiger partial charge on any atom is -0.481 e. The predicted octanol–water partition coefficient (Wildman–Crippen LogP) is 5.90. The van der Waals surface area contributed by atoms with Crippen molar-refractivity contribution >= 4 is 5.97 Å². The van der Waals surface area contributed by atoms with Crippen molar-refractivity contribution in [1.82, 2.24) is 0 Å². The van der Waals surface area contributed by atoms with Crippen LogP contribution in [0.2, 0.25) is 0 Å². The van der Waals surface area contributed by atoms with Gasteiger partial charge in [0.1, 0.15) is 0 Å². The van der Waals surface area contributed by atoms with Gasteiger partial charge in [-0.3, -0.25) is 4.79 Å². The lowest BCUT2D eigenvalue weighted by molar-refractivity contribution is -0.137. The van der Waals surface area contributed by atoms with Crippen molar-refractivity contribution in [3.63, 3.8) is 0 Å². The molecule has 1 aliphatic rings. The van der Waals surface area contributed by atoms with Crippen molar-refractivity contribution in [3.8, 4) is 23.0 Å². The molecule has 0 radical (unpaired) electrons. The van der Waals surface area contributed by atoms with E-state index in [0.29, 0.717) is 12.8 Å². The number of aliphatic hydroxyl groups is 2. The molecular formula is C30H38O4. The molecule has 1 aliphatic carbocycles. The molecule has 2 aromatic rings. The highest BCUT2D eigenvalue weighted by atomic mass is 16.4. The van der Waals surface area contributed by atoms with Crippen LogP contribution in [0.1, 0.15) is 70.3 Å². The van der Waals surface area contributed by atoms with Crippen LogP contribution in [0.3, 0.4) is 0 Å². The fraction of sp³-hybridized carbons (Fsp3) is 0.500. The molecule has 0 heterocycles. The molecule has 4 heteroatoms. The van der Waals surface area contributed by atoms with Crippen LogP contribution in [0.25, 0.3) is 11.1 Å². The number of benzene rings is 2. The number of hydrogen-bond acceptors (Lipinski definition) is 3. The first-order valence-electron chi connectivity index (χ1n) is 12.7. The molecule has 182 valence electrons. The molecular weight excluding hydrogens is 424 g/mol. The number of carboxylic acid groups (broad SMARTS) is 1. The highest BCUT2D eigenvalue weighted by Crippen LogP contribution is 2.39. The second-order valence-electron chi connectivity index (χ2n) is 9.74. The van der Waals surface area contributed by atoms with E-state index in [1.165, 1.54) is 11.1 Å². The Hall–Kier alpha value is -2.61. The topological polar surface area (TPSA) is 77.8 Å². The van der Waals surface area contributed by atoms with Crippen molar-refractivity contribution < 1.29 is 20.1 Å². The van der Waals surface area contributed by atoms with Crippen molar-refractivity contribution in [3.05, 3.63) is 60.2 Å². The Bertz CT molecular complexity index is 941. The Labute approximate surface area is 204 Å². The lowest BCUT2D eigenvalue weighted by atomic mass is 9.84. The molecule has 3 rings (SSSR count).